The van der Waals surface area contributed by atoms with Crippen molar-refractivity contribution >= 4 is 29.0 Å². The van der Waals surface area contributed by atoms with E-state index in [1.807, 2.05) is 6.26 Å². The van der Waals surface area contributed by atoms with Crippen LogP contribution < -0.4 is 5.73 Å². The van der Waals surface area contributed by atoms with Gasteiger partial charge in [-0.15, -0.1) is 10.2 Å². The monoisotopic (exact) mass is 189 g/mol. The average molecular weight is 189 g/mol. The number of thioether (sulfide) groups is 1. The average Bonchev–Trinajstić information content (AvgIpc) is 2.34. The smallest absolute Gasteiger partial charge is 0.224 e. The number of hydrogen-bond acceptors (Lipinski definition) is 5. The Hall–Kier alpha value is -0.620. The highest BCUT2D eigenvalue weighted by atomic mass is 32.2. The Bertz CT molecular complexity index is 260. The molecule has 0 saturated heterocycles. The van der Waals surface area contributed by atoms with Crippen molar-refractivity contribution in [1.82, 2.24) is 10.2 Å². The van der Waals surface area contributed by atoms with Crippen molar-refractivity contribution in [1.29, 1.82) is 0 Å². The van der Waals surface area contributed by atoms with Crippen molar-refractivity contribution < 1.29 is 4.79 Å². The molecule has 1 rings (SSSR count). The zero-order valence-electron chi connectivity index (χ0n) is 5.90. The van der Waals surface area contributed by atoms with E-state index in [9.17, 15) is 4.79 Å². The molecule has 0 unspecified atom stereocenters. The molecule has 4 nitrogen and oxygen atoms in total. The summed E-state index contributed by atoms with van der Waals surface area (Å²) in [6, 6.07) is 0. The molecule has 0 atom stereocenters. The molecule has 60 valence electrons. The van der Waals surface area contributed by atoms with Crippen molar-refractivity contribution in [3.05, 3.63) is 5.01 Å². The van der Waals surface area contributed by atoms with E-state index in [0.717, 1.165) is 4.34 Å². The van der Waals surface area contributed by atoms with Crippen LogP contribution in [0.25, 0.3) is 0 Å². The molecule has 1 aromatic heterocycles. The van der Waals surface area contributed by atoms with Crippen LogP contribution >= 0.6 is 23.1 Å². The predicted molar refractivity (Wildman–Crippen MR) is 44.6 cm³/mol. The molecular formula is C5H7N3OS2. The summed E-state index contributed by atoms with van der Waals surface area (Å²) in [4.78, 5) is 10.4. The quantitative estimate of drug-likeness (QED) is 0.694. The van der Waals surface area contributed by atoms with Gasteiger partial charge in [0.1, 0.15) is 5.01 Å². The van der Waals surface area contributed by atoms with E-state index >= 15 is 0 Å². The number of carbonyl (C=O) groups excluding carboxylic acids is 1. The maximum atomic E-state index is 10.4. The first kappa shape index (κ1) is 8.48. The summed E-state index contributed by atoms with van der Waals surface area (Å²) in [7, 11) is 0. The third kappa shape index (κ3) is 2.47. The molecule has 6 heteroatoms. The molecule has 0 fully saturated rings. The molecule has 2 N–H and O–H groups in total. The first-order valence-corrected chi connectivity index (χ1v) is 4.91. The van der Waals surface area contributed by atoms with Gasteiger partial charge < -0.3 is 5.73 Å². The lowest BCUT2D eigenvalue weighted by atomic mass is 10.4. The highest BCUT2D eigenvalue weighted by molar-refractivity contribution is 8.00. The van der Waals surface area contributed by atoms with Gasteiger partial charge in [0.05, 0.1) is 6.42 Å². The number of carbonyl (C=O) groups is 1. The highest BCUT2D eigenvalue weighted by Crippen LogP contribution is 2.19. The van der Waals surface area contributed by atoms with Crippen LogP contribution in [-0.2, 0) is 11.2 Å². The molecule has 0 aliphatic rings. The van der Waals surface area contributed by atoms with Gasteiger partial charge in [-0.3, -0.25) is 4.79 Å². The van der Waals surface area contributed by atoms with Gasteiger partial charge in [-0.2, -0.15) is 0 Å². The van der Waals surface area contributed by atoms with Crippen molar-refractivity contribution in [3.8, 4) is 0 Å². The standard InChI is InChI=1S/C5H7N3OS2/c1-10-5-8-7-4(11-5)2-3(6)9/h2H2,1H3,(H2,6,9). The van der Waals surface area contributed by atoms with E-state index in [4.69, 9.17) is 5.73 Å². The lowest BCUT2D eigenvalue weighted by Gasteiger charge is -1.84. The van der Waals surface area contributed by atoms with Crippen LogP contribution in [0, 0.1) is 0 Å². The van der Waals surface area contributed by atoms with Crippen molar-refractivity contribution in [2.45, 2.75) is 10.8 Å². The minimum atomic E-state index is -0.367. The molecule has 0 aliphatic carbocycles. The Balaban J connectivity index is 2.65. The van der Waals surface area contributed by atoms with Gasteiger partial charge >= 0.3 is 0 Å². The Kier molecular flexibility index (Phi) is 2.84. The van der Waals surface area contributed by atoms with E-state index in [1.54, 1.807) is 0 Å². The maximum absolute atomic E-state index is 10.4. The molecule has 0 aliphatic heterocycles. The molecule has 0 spiro atoms. The Morgan fingerprint density at radius 3 is 2.91 bits per heavy atom. The molecule has 0 aromatic carbocycles. The van der Waals surface area contributed by atoms with Gasteiger partial charge in [0.15, 0.2) is 4.34 Å². The fourth-order valence-corrected chi connectivity index (χ4v) is 1.86. The number of aromatic nitrogens is 2. The van der Waals surface area contributed by atoms with Crippen molar-refractivity contribution in [2.24, 2.45) is 5.73 Å². The molecule has 1 amide bonds. The second kappa shape index (κ2) is 3.68. The van der Waals surface area contributed by atoms with E-state index < -0.39 is 0 Å². The predicted octanol–water partition coefficient (Wildman–Crippen LogP) is 0.288. The number of nitrogens with two attached hydrogens (primary N) is 1. The van der Waals surface area contributed by atoms with E-state index in [2.05, 4.69) is 10.2 Å². The summed E-state index contributed by atoms with van der Waals surface area (Å²) in [6.45, 7) is 0. The van der Waals surface area contributed by atoms with Crippen LogP contribution in [0.15, 0.2) is 4.34 Å². The first-order valence-electron chi connectivity index (χ1n) is 2.87. The van der Waals surface area contributed by atoms with Gasteiger partial charge in [-0.05, 0) is 6.26 Å². The van der Waals surface area contributed by atoms with Gasteiger partial charge in [0, 0.05) is 0 Å². The molecule has 1 heterocycles. The topological polar surface area (TPSA) is 68.9 Å². The van der Waals surface area contributed by atoms with Crippen molar-refractivity contribution in [3.63, 3.8) is 0 Å². The van der Waals surface area contributed by atoms with E-state index in [1.165, 1.54) is 23.1 Å². The zero-order valence-corrected chi connectivity index (χ0v) is 7.54. The summed E-state index contributed by atoms with van der Waals surface area (Å²) in [6.07, 6.45) is 2.10. The fraction of sp³-hybridized carbons (Fsp3) is 0.400. The van der Waals surface area contributed by atoms with Crippen LogP contribution in [0.3, 0.4) is 0 Å². The minimum absolute atomic E-state index is 0.193. The molecule has 1 aromatic rings. The summed E-state index contributed by atoms with van der Waals surface area (Å²) >= 11 is 2.91. The second-order valence-corrected chi connectivity index (χ2v) is 3.92. The lowest BCUT2D eigenvalue weighted by Crippen LogP contribution is -2.13. The Morgan fingerprint density at radius 1 is 1.73 bits per heavy atom. The summed E-state index contributed by atoms with van der Waals surface area (Å²) < 4.78 is 0.862. The van der Waals surface area contributed by atoms with Crippen LogP contribution in [0.4, 0.5) is 0 Å². The summed E-state index contributed by atoms with van der Waals surface area (Å²) in [5, 5.41) is 8.27. The first-order chi connectivity index (χ1) is 5.22. The number of primary amides is 1. The van der Waals surface area contributed by atoms with Crippen LogP contribution in [0.2, 0.25) is 0 Å². The van der Waals surface area contributed by atoms with Crippen molar-refractivity contribution in [2.75, 3.05) is 6.26 Å². The SMILES string of the molecule is CSc1nnc(CC(N)=O)s1. The lowest BCUT2D eigenvalue weighted by molar-refractivity contribution is -0.117. The van der Waals surface area contributed by atoms with Gasteiger partial charge in [-0.25, -0.2) is 0 Å². The van der Waals surface area contributed by atoms with Crippen LogP contribution in [0.5, 0.6) is 0 Å². The molecule has 0 saturated carbocycles. The Labute approximate surface area is 72.2 Å². The van der Waals surface area contributed by atoms with Gasteiger partial charge in [0.2, 0.25) is 5.91 Å². The van der Waals surface area contributed by atoms with E-state index in [0.29, 0.717) is 5.01 Å². The number of amides is 1. The van der Waals surface area contributed by atoms with Crippen LogP contribution in [0.1, 0.15) is 5.01 Å². The molecular weight excluding hydrogens is 182 g/mol. The Morgan fingerprint density at radius 2 is 2.45 bits per heavy atom. The van der Waals surface area contributed by atoms with Crippen LogP contribution in [-0.4, -0.2) is 22.4 Å². The van der Waals surface area contributed by atoms with Gasteiger partial charge in [0.25, 0.3) is 0 Å². The largest absolute Gasteiger partial charge is 0.369 e. The van der Waals surface area contributed by atoms with Gasteiger partial charge in [-0.1, -0.05) is 23.1 Å². The van der Waals surface area contributed by atoms with E-state index in [-0.39, 0.29) is 12.3 Å². The molecule has 11 heavy (non-hydrogen) atoms. The number of nitrogens with zero attached hydrogens (tertiary/aromatic N) is 2. The number of hydrogen-bond donors (Lipinski definition) is 1. The highest BCUT2D eigenvalue weighted by Gasteiger charge is 2.04. The normalized spacial score (nSPS) is 9.91. The third-order valence-electron chi connectivity index (χ3n) is 0.948. The number of rotatable bonds is 3. The maximum Gasteiger partial charge on any atom is 0.224 e. The second-order valence-electron chi connectivity index (χ2n) is 1.81. The molecule has 0 radical (unpaired) electrons. The minimum Gasteiger partial charge on any atom is -0.369 e. The fourth-order valence-electron chi connectivity index (χ4n) is 0.541. The third-order valence-corrected chi connectivity index (χ3v) is 2.85. The molecule has 0 bridgehead atoms. The summed E-state index contributed by atoms with van der Waals surface area (Å²) in [5.74, 6) is -0.367. The zero-order chi connectivity index (χ0) is 8.27. The summed E-state index contributed by atoms with van der Waals surface area (Å²) in [5.41, 5.74) is 4.97.